The van der Waals surface area contributed by atoms with Gasteiger partial charge in [-0.3, -0.25) is 14.6 Å². The van der Waals surface area contributed by atoms with Gasteiger partial charge >= 0.3 is 0 Å². The van der Waals surface area contributed by atoms with Gasteiger partial charge in [0.15, 0.2) is 18.1 Å². The second kappa shape index (κ2) is 8.51. The molecule has 0 fully saturated rings. The summed E-state index contributed by atoms with van der Waals surface area (Å²) in [6.07, 6.45) is 1.48. The molecule has 0 radical (unpaired) electrons. The van der Waals surface area contributed by atoms with Gasteiger partial charge in [-0.05, 0) is 19.1 Å². The van der Waals surface area contributed by atoms with Gasteiger partial charge in [0.2, 0.25) is 11.7 Å². The first kappa shape index (κ1) is 18.8. The molecule has 26 heavy (non-hydrogen) atoms. The number of aromatic nitrogens is 2. The summed E-state index contributed by atoms with van der Waals surface area (Å²) in [5.41, 5.74) is 8.62. The fourth-order valence-electron chi connectivity index (χ4n) is 2.06. The van der Waals surface area contributed by atoms with Crippen LogP contribution in [0.25, 0.3) is 0 Å². The van der Waals surface area contributed by atoms with Gasteiger partial charge in [-0.2, -0.15) is 5.10 Å². The number of aryl methyl sites for hydroxylation is 1. The van der Waals surface area contributed by atoms with Crippen LogP contribution in [0.4, 0.5) is 5.95 Å². The number of nitrogens with zero attached hydrogens (tertiary/aromatic N) is 2. The molecule has 0 saturated carbocycles. The number of hydrogen-bond donors (Lipinski definition) is 3. The summed E-state index contributed by atoms with van der Waals surface area (Å²) in [7, 11) is 2.90. The van der Waals surface area contributed by atoms with E-state index < -0.39 is 5.91 Å². The van der Waals surface area contributed by atoms with Crippen LogP contribution in [0.2, 0.25) is 0 Å². The van der Waals surface area contributed by atoms with Gasteiger partial charge in [0.05, 0.1) is 20.4 Å². The number of rotatable bonds is 8. The van der Waals surface area contributed by atoms with E-state index in [9.17, 15) is 9.59 Å². The minimum Gasteiger partial charge on any atom is -0.493 e. The molecular weight excluding hydrogens is 342 g/mol. The molecule has 2 rings (SSSR count). The quantitative estimate of drug-likeness (QED) is 0.456. The molecule has 138 valence electrons. The molecule has 0 aliphatic rings. The lowest BCUT2D eigenvalue weighted by Crippen LogP contribution is -2.20. The van der Waals surface area contributed by atoms with Crippen molar-refractivity contribution in [2.45, 2.75) is 6.92 Å². The number of amides is 1. The van der Waals surface area contributed by atoms with E-state index in [-0.39, 0.29) is 23.9 Å². The number of benzene rings is 1. The van der Waals surface area contributed by atoms with Crippen molar-refractivity contribution < 1.29 is 19.0 Å². The van der Waals surface area contributed by atoms with Crippen molar-refractivity contribution in [3.63, 3.8) is 0 Å². The number of anilines is 1. The van der Waals surface area contributed by atoms with Crippen LogP contribution in [0.3, 0.4) is 0 Å². The zero-order valence-corrected chi connectivity index (χ0v) is 14.5. The highest BCUT2D eigenvalue weighted by Gasteiger charge is 2.14. The predicted molar refractivity (Wildman–Crippen MR) is 95.0 cm³/mol. The molecule has 0 spiro atoms. The maximum atomic E-state index is 11.4. The minimum atomic E-state index is -0.622. The molecule has 1 heterocycles. The average molecular weight is 361 g/mol. The SMILES string of the molecule is COc1cc(/C=N\Nc2nc(C)cc(=O)[nH]2)cc(OC)c1OCC(N)=O. The van der Waals surface area contributed by atoms with Gasteiger partial charge in [-0.25, -0.2) is 10.4 Å². The van der Waals surface area contributed by atoms with E-state index in [0.717, 1.165) is 0 Å². The lowest BCUT2D eigenvalue weighted by Gasteiger charge is -2.14. The molecule has 10 heteroatoms. The Morgan fingerprint density at radius 3 is 2.50 bits per heavy atom. The fraction of sp³-hybridized carbons (Fsp3) is 0.250. The number of hydrazone groups is 1. The Balaban J connectivity index is 2.23. The van der Waals surface area contributed by atoms with Crippen molar-refractivity contribution in [3.8, 4) is 17.2 Å². The standard InChI is InChI=1S/C16H19N5O5/c1-9-4-14(23)20-16(19-9)21-18-7-10-5-11(24-2)15(12(6-10)25-3)26-8-13(17)22/h4-7H,8H2,1-3H3,(H2,17,22)(H2,19,20,21,23)/b18-7-. The molecule has 0 saturated heterocycles. The molecule has 1 amide bonds. The third-order valence-electron chi connectivity index (χ3n) is 3.10. The molecule has 0 aliphatic heterocycles. The van der Waals surface area contributed by atoms with Crippen molar-refractivity contribution in [3.05, 3.63) is 39.8 Å². The number of nitrogens with one attached hydrogen (secondary N) is 2. The number of hydrogen-bond acceptors (Lipinski definition) is 8. The van der Waals surface area contributed by atoms with Crippen molar-refractivity contribution in [2.75, 3.05) is 26.3 Å². The molecule has 0 aliphatic carbocycles. The number of nitrogens with two attached hydrogens (primary N) is 1. The first-order chi connectivity index (χ1) is 12.4. The van der Waals surface area contributed by atoms with Gasteiger partial charge < -0.3 is 19.9 Å². The number of primary amides is 1. The number of carbonyl (C=O) groups is 1. The smallest absolute Gasteiger partial charge is 0.255 e. The molecule has 0 atom stereocenters. The highest BCUT2D eigenvalue weighted by molar-refractivity contribution is 5.83. The van der Waals surface area contributed by atoms with Gasteiger partial charge in [-0.15, -0.1) is 0 Å². The Hall–Kier alpha value is -3.56. The van der Waals surface area contributed by atoms with E-state index >= 15 is 0 Å². The molecule has 1 aromatic carbocycles. The predicted octanol–water partition coefficient (Wildman–Crippen LogP) is 0.406. The Labute approximate surface area is 149 Å². The van der Waals surface area contributed by atoms with Crippen LogP contribution in [-0.4, -0.2) is 42.9 Å². The summed E-state index contributed by atoms with van der Waals surface area (Å²) >= 11 is 0. The number of ether oxygens (including phenoxy) is 3. The molecule has 10 nitrogen and oxygen atoms in total. The Bertz CT molecular complexity index is 853. The number of methoxy groups -OCH3 is 2. The van der Waals surface area contributed by atoms with Gasteiger partial charge in [0, 0.05) is 17.3 Å². The topological polar surface area (TPSA) is 141 Å². The zero-order valence-electron chi connectivity index (χ0n) is 14.5. The normalized spacial score (nSPS) is 10.6. The van der Waals surface area contributed by atoms with E-state index in [0.29, 0.717) is 22.8 Å². The Morgan fingerprint density at radius 2 is 1.96 bits per heavy atom. The largest absolute Gasteiger partial charge is 0.493 e. The molecule has 2 aromatic rings. The second-order valence-electron chi connectivity index (χ2n) is 5.11. The van der Waals surface area contributed by atoms with Crippen LogP contribution in [0.15, 0.2) is 28.1 Å². The fourth-order valence-corrected chi connectivity index (χ4v) is 2.06. The van der Waals surface area contributed by atoms with E-state index in [4.69, 9.17) is 19.9 Å². The summed E-state index contributed by atoms with van der Waals surface area (Å²) in [6.45, 7) is 1.39. The van der Waals surface area contributed by atoms with Crippen molar-refractivity contribution in [1.29, 1.82) is 0 Å². The molecule has 4 N–H and O–H groups in total. The molecule has 0 unspecified atom stereocenters. The first-order valence-corrected chi connectivity index (χ1v) is 7.47. The van der Waals surface area contributed by atoms with E-state index in [1.54, 1.807) is 19.1 Å². The summed E-state index contributed by atoms with van der Waals surface area (Å²) in [6, 6.07) is 4.64. The first-order valence-electron chi connectivity index (χ1n) is 7.47. The molecular formula is C16H19N5O5. The van der Waals surface area contributed by atoms with E-state index in [2.05, 4.69) is 20.5 Å². The summed E-state index contributed by atoms with van der Waals surface area (Å²) in [5, 5.41) is 4.02. The monoisotopic (exact) mass is 361 g/mol. The Morgan fingerprint density at radius 1 is 1.31 bits per heavy atom. The average Bonchev–Trinajstić information content (AvgIpc) is 2.58. The van der Waals surface area contributed by atoms with Crippen molar-refractivity contribution in [2.24, 2.45) is 10.8 Å². The lowest BCUT2D eigenvalue weighted by molar-refractivity contribution is -0.119. The van der Waals surface area contributed by atoms with Gasteiger partial charge in [0.25, 0.3) is 11.5 Å². The summed E-state index contributed by atoms with van der Waals surface area (Å²) in [4.78, 5) is 28.9. The van der Waals surface area contributed by atoms with Crippen LogP contribution >= 0.6 is 0 Å². The number of carbonyl (C=O) groups excluding carboxylic acids is 1. The third-order valence-corrected chi connectivity index (χ3v) is 3.10. The molecule has 1 aromatic heterocycles. The van der Waals surface area contributed by atoms with Crippen LogP contribution in [0.1, 0.15) is 11.3 Å². The maximum absolute atomic E-state index is 11.4. The second-order valence-corrected chi connectivity index (χ2v) is 5.11. The Kier molecular flexibility index (Phi) is 6.15. The summed E-state index contributed by atoms with van der Waals surface area (Å²) in [5.74, 6) is 0.530. The van der Waals surface area contributed by atoms with Crippen LogP contribution in [0, 0.1) is 6.92 Å². The zero-order chi connectivity index (χ0) is 19.1. The van der Waals surface area contributed by atoms with E-state index in [1.165, 1.54) is 26.5 Å². The van der Waals surface area contributed by atoms with Crippen LogP contribution in [-0.2, 0) is 4.79 Å². The maximum Gasteiger partial charge on any atom is 0.255 e. The summed E-state index contributed by atoms with van der Waals surface area (Å²) < 4.78 is 15.8. The van der Waals surface area contributed by atoms with Crippen LogP contribution in [0.5, 0.6) is 17.2 Å². The highest BCUT2D eigenvalue weighted by atomic mass is 16.5. The number of H-pyrrole nitrogens is 1. The van der Waals surface area contributed by atoms with Crippen LogP contribution < -0.4 is 30.9 Å². The number of aromatic amines is 1. The van der Waals surface area contributed by atoms with Gasteiger partial charge in [0.1, 0.15) is 0 Å². The van der Waals surface area contributed by atoms with E-state index in [1.807, 2.05) is 0 Å². The third kappa shape index (κ3) is 4.97. The highest BCUT2D eigenvalue weighted by Crippen LogP contribution is 2.38. The van der Waals surface area contributed by atoms with Crippen molar-refractivity contribution in [1.82, 2.24) is 9.97 Å². The lowest BCUT2D eigenvalue weighted by atomic mass is 10.2. The van der Waals surface area contributed by atoms with Crippen molar-refractivity contribution >= 4 is 18.1 Å². The molecule has 0 bridgehead atoms. The van der Waals surface area contributed by atoms with Gasteiger partial charge in [-0.1, -0.05) is 0 Å². The minimum absolute atomic E-state index is 0.214.